The molecule has 0 fully saturated rings. The van der Waals surface area contributed by atoms with Gasteiger partial charge in [0.25, 0.3) is 0 Å². The average molecular weight is 193 g/mol. The lowest BCUT2D eigenvalue weighted by Gasteiger charge is -1.94. The predicted molar refractivity (Wildman–Crippen MR) is 59.0 cm³/mol. The molecule has 1 aromatic rings. The van der Waals surface area contributed by atoms with Gasteiger partial charge in [-0.05, 0) is 18.6 Å². The third-order valence-electron chi connectivity index (χ3n) is 1.59. The molecule has 2 heteroatoms. The summed E-state index contributed by atoms with van der Waals surface area (Å²) in [5, 5.41) is 1.10. The van der Waals surface area contributed by atoms with E-state index in [4.69, 9.17) is 0 Å². The van der Waals surface area contributed by atoms with Crippen molar-refractivity contribution in [1.29, 1.82) is 0 Å². The monoisotopic (exact) mass is 193 g/mol. The van der Waals surface area contributed by atoms with Gasteiger partial charge in [0.15, 0.2) is 0 Å². The summed E-state index contributed by atoms with van der Waals surface area (Å²) in [6.45, 7) is 2.19. The van der Waals surface area contributed by atoms with Crippen LogP contribution in [0.2, 0.25) is 0 Å². The van der Waals surface area contributed by atoms with E-state index in [0.29, 0.717) is 0 Å². The highest BCUT2D eigenvalue weighted by molar-refractivity contribution is 7.99. The van der Waals surface area contributed by atoms with Gasteiger partial charge < -0.3 is 0 Å². The molecule has 1 aromatic heterocycles. The van der Waals surface area contributed by atoms with Gasteiger partial charge in [0.05, 0.1) is 5.03 Å². The zero-order valence-corrected chi connectivity index (χ0v) is 8.76. The van der Waals surface area contributed by atoms with E-state index in [1.807, 2.05) is 24.4 Å². The molecule has 0 atom stereocenters. The van der Waals surface area contributed by atoms with E-state index in [1.54, 1.807) is 11.8 Å². The van der Waals surface area contributed by atoms with Crippen molar-refractivity contribution in [1.82, 2.24) is 4.98 Å². The molecule has 0 unspecified atom stereocenters. The number of hydrogen-bond donors (Lipinski definition) is 0. The molecule has 0 bridgehead atoms. The van der Waals surface area contributed by atoms with Crippen molar-refractivity contribution in [3.8, 4) is 0 Å². The summed E-state index contributed by atoms with van der Waals surface area (Å²) in [5.74, 6) is 1.02. The number of rotatable bonds is 5. The fraction of sp³-hybridized carbons (Fsp3) is 0.364. The van der Waals surface area contributed by atoms with Gasteiger partial charge in [0.2, 0.25) is 0 Å². The number of allylic oxidation sites excluding steroid dienone is 1. The molecule has 0 saturated heterocycles. The largest absolute Gasteiger partial charge is 0.250 e. The Hall–Kier alpha value is -0.760. The lowest BCUT2D eigenvalue weighted by molar-refractivity contribution is 0.957. The Bertz CT molecular complexity index is 244. The van der Waals surface area contributed by atoms with Crippen LogP contribution in [-0.2, 0) is 0 Å². The number of pyridine rings is 1. The van der Waals surface area contributed by atoms with Crippen molar-refractivity contribution in [2.75, 3.05) is 5.75 Å². The highest BCUT2D eigenvalue weighted by Crippen LogP contribution is 2.13. The smallest absolute Gasteiger partial charge is 0.0962 e. The number of thioether (sulfide) groups is 1. The normalized spacial score (nSPS) is 10.8. The van der Waals surface area contributed by atoms with E-state index >= 15 is 0 Å². The summed E-state index contributed by atoms with van der Waals surface area (Å²) in [7, 11) is 0. The van der Waals surface area contributed by atoms with Gasteiger partial charge in [-0.15, -0.1) is 11.8 Å². The van der Waals surface area contributed by atoms with Crippen LogP contribution in [0.1, 0.15) is 19.8 Å². The van der Waals surface area contributed by atoms with E-state index in [-0.39, 0.29) is 0 Å². The third kappa shape index (κ3) is 4.73. The van der Waals surface area contributed by atoms with Gasteiger partial charge in [-0.2, -0.15) is 0 Å². The summed E-state index contributed by atoms with van der Waals surface area (Å²) in [5.41, 5.74) is 0. The quantitative estimate of drug-likeness (QED) is 0.524. The first-order valence-corrected chi connectivity index (χ1v) is 5.61. The molecule has 1 heterocycles. The van der Waals surface area contributed by atoms with Crippen LogP contribution in [0.25, 0.3) is 0 Å². The van der Waals surface area contributed by atoms with E-state index in [0.717, 1.165) is 10.8 Å². The van der Waals surface area contributed by atoms with Crippen LogP contribution in [-0.4, -0.2) is 10.7 Å². The zero-order valence-electron chi connectivity index (χ0n) is 7.94. The van der Waals surface area contributed by atoms with Gasteiger partial charge in [-0.3, -0.25) is 0 Å². The van der Waals surface area contributed by atoms with Crippen LogP contribution in [0.3, 0.4) is 0 Å². The molecule has 0 aromatic carbocycles. The molecule has 13 heavy (non-hydrogen) atoms. The number of hydrogen-bond acceptors (Lipinski definition) is 2. The van der Waals surface area contributed by atoms with Gasteiger partial charge in [-0.1, -0.05) is 31.6 Å². The van der Waals surface area contributed by atoms with Crippen LogP contribution in [0.4, 0.5) is 0 Å². The van der Waals surface area contributed by atoms with E-state index in [2.05, 4.69) is 24.1 Å². The highest BCUT2D eigenvalue weighted by Gasteiger charge is 1.89. The maximum absolute atomic E-state index is 4.23. The summed E-state index contributed by atoms with van der Waals surface area (Å²) < 4.78 is 0. The predicted octanol–water partition coefficient (Wildman–Crippen LogP) is 3.53. The molecular formula is C11H15NS. The van der Waals surface area contributed by atoms with Gasteiger partial charge in [-0.25, -0.2) is 4.98 Å². The highest BCUT2D eigenvalue weighted by atomic mass is 32.2. The van der Waals surface area contributed by atoms with Crippen LogP contribution in [0.15, 0.2) is 41.6 Å². The Morgan fingerprint density at radius 2 is 2.31 bits per heavy atom. The molecule has 0 radical (unpaired) electrons. The lowest BCUT2D eigenvalue weighted by Crippen LogP contribution is -1.77. The number of nitrogens with zero attached hydrogens (tertiary/aromatic N) is 1. The molecule has 0 N–H and O–H groups in total. The minimum Gasteiger partial charge on any atom is -0.250 e. The molecule has 0 saturated carbocycles. The van der Waals surface area contributed by atoms with Crippen molar-refractivity contribution in [2.24, 2.45) is 0 Å². The van der Waals surface area contributed by atoms with E-state index in [9.17, 15) is 0 Å². The van der Waals surface area contributed by atoms with Crippen LogP contribution >= 0.6 is 11.8 Å². The van der Waals surface area contributed by atoms with Crippen molar-refractivity contribution in [2.45, 2.75) is 24.8 Å². The lowest BCUT2D eigenvalue weighted by atomic mass is 10.3. The fourth-order valence-electron chi connectivity index (χ4n) is 0.919. The van der Waals surface area contributed by atoms with Crippen LogP contribution < -0.4 is 0 Å². The van der Waals surface area contributed by atoms with Gasteiger partial charge in [0.1, 0.15) is 0 Å². The Labute approximate surface area is 84.3 Å². The van der Waals surface area contributed by atoms with E-state index in [1.165, 1.54) is 12.8 Å². The van der Waals surface area contributed by atoms with Gasteiger partial charge >= 0.3 is 0 Å². The molecule has 0 amide bonds. The third-order valence-corrected chi connectivity index (χ3v) is 2.48. The van der Waals surface area contributed by atoms with Crippen molar-refractivity contribution in [3.05, 3.63) is 36.5 Å². The standard InChI is InChI=1S/C11H15NS/c1-2-3-4-7-10-13-11-8-5-6-9-12-11/h4-9H,2-3,10H2,1H3/b7-4-. The fourth-order valence-corrected chi connectivity index (χ4v) is 1.63. The van der Waals surface area contributed by atoms with Gasteiger partial charge in [0, 0.05) is 11.9 Å². The Morgan fingerprint density at radius 3 is 3.00 bits per heavy atom. The first-order valence-electron chi connectivity index (χ1n) is 4.62. The zero-order chi connectivity index (χ0) is 9.36. The minimum absolute atomic E-state index is 1.02. The summed E-state index contributed by atoms with van der Waals surface area (Å²) in [6.07, 6.45) is 8.68. The molecule has 1 rings (SSSR count). The SMILES string of the molecule is CCC/C=C\CSc1ccccn1. The first-order chi connectivity index (χ1) is 6.43. The summed E-state index contributed by atoms with van der Waals surface area (Å²) in [4.78, 5) is 4.23. The maximum Gasteiger partial charge on any atom is 0.0962 e. The molecule has 0 aliphatic rings. The van der Waals surface area contributed by atoms with Crippen LogP contribution in [0.5, 0.6) is 0 Å². The number of aromatic nitrogens is 1. The molecule has 1 nitrogen and oxygen atoms in total. The molecule has 0 aliphatic heterocycles. The Balaban J connectivity index is 2.20. The van der Waals surface area contributed by atoms with Crippen molar-refractivity contribution >= 4 is 11.8 Å². The molecule has 0 spiro atoms. The van der Waals surface area contributed by atoms with E-state index < -0.39 is 0 Å². The topological polar surface area (TPSA) is 12.9 Å². The number of unbranched alkanes of at least 4 members (excludes halogenated alkanes) is 1. The second-order valence-corrected chi connectivity index (χ2v) is 3.78. The first kappa shape index (κ1) is 10.3. The van der Waals surface area contributed by atoms with Crippen molar-refractivity contribution < 1.29 is 0 Å². The summed E-state index contributed by atoms with van der Waals surface area (Å²) in [6, 6.07) is 6.00. The molecule has 70 valence electrons. The minimum atomic E-state index is 1.02. The Kier molecular flexibility index (Phi) is 5.34. The second-order valence-electron chi connectivity index (χ2n) is 2.74. The maximum atomic E-state index is 4.23. The summed E-state index contributed by atoms with van der Waals surface area (Å²) >= 11 is 1.77. The molecule has 0 aliphatic carbocycles. The Morgan fingerprint density at radius 1 is 1.38 bits per heavy atom. The van der Waals surface area contributed by atoms with Crippen molar-refractivity contribution in [3.63, 3.8) is 0 Å². The van der Waals surface area contributed by atoms with Crippen LogP contribution in [0, 0.1) is 0 Å². The molecular weight excluding hydrogens is 178 g/mol. The second kappa shape index (κ2) is 6.72. The average Bonchev–Trinajstić information content (AvgIpc) is 2.19.